The summed E-state index contributed by atoms with van der Waals surface area (Å²) in [4.78, 5) is 27.8. The minimum atomic E-state index is -0.396. The summed E-state index contributed by atoms with van der Waals surface area (Å²) < 4.78 is 0. The molecule has 0 saturated carbocycles. The average Bonchev–Trinajstić information content (AvgIpc) is 3.21. The Labute approximate surface area is 137 Å². The van der Waals surface area contributed by atoms with Gasteiger partial charge in [-0.15, -0.1) is 0 Å². The Morgan fingerprint density at radius 2 is 1.33 bits per heavy atom. The number of carbonyl (C=O) groups is 2. The van der Waals surface area contributed by atoms with Crippen molar-refractivity contribution in [2.24, 2.45) is 11.5 Å². The molecule has 0 aliphatic rings. The summed E-state index contributed by atoms with van der Waals surface area (Å²) in [5.74, 6) is -0.785. The molecule has 0 saturated heterocycles. The number of carbonyl (C=O) groups excluding carboxylic acids is 2. The Kier molecular flexibility index (Phi) is 4.03. The van der Waals surface area contributed by atoms with E-state index in [0.717, 1.165) is 21.8 Å². The third-order valence-corrected chi connectivity index (χ3v) is 3.72. The molecule has 0 radical (unpaired) electrons. The van der Waals surface area contributed by atoms with E-state index in [9.17, 15) is 9.59 Å². The number of nitrogens with two attached hydrogens (primary N) is 2. The van der Waals surface area contributed by atoms with Gasteiger partial charge in [-0.3, -0.25) is 9.59 Å². The van der Waals surface area contributed by atoms with E-state index in [1.165, 1.54) is 0 Å². The number of aromatic amines is 2. The number of nitrogens with one attached hydrogen (secondary N) is 2. The maximum atomic E-state index is 10.9. The number of para-hydroxylation sites is 1. The van der Waals surface area contributed by atoms with Crippen molar-refractivity contribution >= 4 is 33.6 Å². The fourth-order valence-corrected chi connectivity index (χ4v) is 2.58. The van der Waals surface area contributed by atoms with E-state index in [2.05, 4.69) is 9.97 Å². The standard InChI is InChI=1S/2C9H8N2O/c10-9(12)7-2-1-3-8-6(7)4-5-11-8;10-9(12)7-5-11-8-4-2-1-3-6(7)8/h2*1-5,11H,(H2,10,12). The third kappa shape index (κ3) is 2.85. The smallest absolute Gasteiger partial charge is 0.250 e. The summed E-state index contributed by atoms with van der Waals surface area (Å²) in [7, 11) is 0. The summed E-state index contributed by atoms with van der Waals surface area (Å²) >= 11 is 0. The number of fused-ring (bicyclic) bond motifs is 2. The molecule has 0 unspecified atom stereocenters. The van der Waals surface area contributed by atoms with Gasteiger partial charge in [0, 0.05) is 39.8 Å². The van der Waals surface area contributed by atoms with E-state index in [4.69, 9.17) is 11.5 Å². The van der Waals surface area contributed by atoms with Crippen LogP contribution in [0.5, 0.6) is 0 Å². The van der Waals surface area contributed by atoms with Crippen molar-refractivity contribution in [2.45, 2.75) is 0 Å². The molecule has 6 heteroatoms. The van der Waals surface area contributed by atoms with Gasteiger partial charge in [0.05, 0.1) is 5.56 Å². The van der Waals surface area contributed by atoms with Crippen molar-refractivity contribution in [1.29, 1.82) is 0 Å². The van der Waals surface area contributed by atoms with Crippen LogP contribution >= 0.6 is 0 Å². The number of hydrogen-bond acceptors (Lipinski definition) is 2. The van der Waals surface area contributed by atoms with E-state index in [-0.39, 0.29) is 5.91 Å². The van der Waals surface area contributed by atoms with Crippen LogP contribution in [0.4, 0.5) is 0 Å². The molecule has 6 nitrogen and oxygen atoms in total. The first-order chi connectivity index (χ1) is 11.6. The molecule has 2 amide bonds. The van der Waals surface area contributed by atoms with Crippen molar-refractivity contribution in [3.63, 3.8) is 0 Å². The summed E-state index contributed by atoms with van der Waals surface area (Å²) in [6.45, 7) is 0. The van der Waals surface area contributed by atoms with Gasteiger partial charge in [0.1, 0.15) is 0 Å². The molecule has 2 aromatic carbocycles. The number of aromatic nitrogens is 2. The first kappa shape index (κ1) is 15.4. The predicted molar refractivity (Wildman–Crippen MR) is 93.6 cm³/mol. The Hall–Kier alpha value is -3.54. The van der Waals surface area contributed by atoms with Crippen LogP contribution < -0.4 is 11.5 Å². The lowest BCUT2D eigenvalue weighted by atomic mass is 10.1. The van der Waals surface area contributed by atoms with Gasteiger partial charge in [0.15, 0.2) is 0 Å². The Morgan fingerprint density at radius 3 is 2.08 bits per heavy atom. The van der Waals surface area contributed by atoms with E-state index in [1.807, 2.05) is 36.4 Å². The van der Waals surface area contributed by atoms with E-state index in [0.29, 0.717) is 11.1 Å². The van der Waals surface area contributed by atoms with Gasteiger partial charge in [0.25, 0.3) is 5.91 Å². The second kappa shape index (κ2) is 6.29. The van der Waals surface area contributed by atoms with Crippen LogP contribution in [0.3, 0.4) is 0 Å². The highest BCUT2D eigenvalue weighted by atomic mass is 16.1. The molecule has 0 aliphatic heterocycles. The predicted octanol–water partition coefficient (Wildman–Crippen LogP) is 2.53. The van der Waals surface area contributed by atoms with Gasteiger partial charge in [0.2, 0.25) is 5.91 Å². The fourth-order valence-electron chi connectivity index (χ4n) is 2.58. The Bertz CT molecular complexity index is 1020. The molecule has 4 aromatic rings. The van der Waals surface area contributed by atoms with Crippen molar-refractivity contribution in [2.75, 3.05) is 0 Å². The molecule has 0 atom stereocenters. The molecule has 120 valence electrons. The van der Waals surface area contributed by atoms with E-state index < -0.39 is 5.91 Å². The van der Waals surface area contributed by atoms with Gasteiger partial charge in [-0.25, -0.2) is 0 Å². The summed E-state index contributed by atoms with van der Waals surface area (Å²) in [6.07, 6.45) is 3.42. The zero-order chi connectivity index (χ0) is 17.1. The second-order valence-electron chi connectivity index (χ2n) is 5.22. The molecule has 0 fully saturated rings. The number of amides is 2. The van der Waals surface area contributed by atoms with Crippen molar-refractivity contribution in [3.8, 4) is 0 Å². The Balaban J connectivity index is 0.000000141. The molecule has 4 rings (SSSR count). The molecular weight excluding hydrogens is 304 g/mol. The van der Waals surface area contributed by atoms with E-state index >= 15 is 0 Å². The molecule has 6 N–H and O–H groups in total. The normalized spacial score (nSPS) is 10.3. The summed E-state index contributed by atoms with van der Waals surface area (Å²) in [5.41, 5.74) is 13.3. The molecule has 0 aliphatic carbocycles. The molecule has 24 heavy (non-hydrogen) atoms. The number of benzene rings is 2. The van der Waals surface area contributed by atoms with Crippen LogP contribution in [0, 0.1) is 0 Å². The van der Waals surface area contributed by atoms with Gasteiger partial charge in [-0.1, -0.05) is 24.3 Å². The minimum Gasteiger partial charge on any atom is -0.366 e. The lowest BCUT2D eigenvalue weighted by Gasteiger charge is -1.96. The van der Waals surface area contributed by atoms with Crippen LogP contribution in [0.25, 0.3) is 21.8 Å². The first-order valence-corrected chi connectivity index (χ1v) is 7.29. The van der Waals surface area contributed by atoms with Crippen LogP contribution in [0.2, 0.25) is 0 Å². The largest absolute Gasteiger partial charge is 0.366 e. The summed E-state index contributed by atoms with van der Waals surface area (Å²) in [5, 5.41) is 1.76. The van der Waals surface area contributed by atoms with Crippen LogP contribution in [0.15, 0.2) is 60.9 Å². The molecule has 2 aromatic heterocycles. The first-order valence-electron chi connectivity index (χ1n) is 7.29. The highest BCUT2D eigenvalue weighted by Gasteiger charge is 2.06. The van der Waals surface area contributed by atoms with Gasteiger partial charge < -0.3 is 21.4 Å². The maximum Gasteiger partial charge on any atom is 0.250 e. The topological polar surface area (TPSA) is 118 Å². The summed E-state index contributed by atoms with van der Waals surface area (Å²) in [6, 6.07) is 14.8. The zero-order valence-corrected chi connectivity index (χ0v) is 12.7. The van der Waals surface area contributed by atoms with Gasteiger partial charge >= 0.3 is 0 Å². The van der Waals surface area contributed by atoms with Crippen LogP contribution in [0.1, 0.15) is 20.7 Å². The highest BCUT2D eigenvalue weighted by Crippen LogP contribution is 2.17. The number of hydrogen-bond donors (Lipinski definition) is 4. The fraction of sp³-hybridized carbons (Fsp3) is 0. The molecule has 0 spiro atoms. The number of H-pyrrole nitrogens is 2. The highest BCUT2D eigenvalue weighted by molar-refractivity contribution is 6.06. The van der Waals surface area contributed by atoms with Crippen LogP contribution in [-0.4, -0.2) is 21.8 Å². The quantitative estimate of drug-likeness (QED) is 0.454. The van der Waals surface area contributed by atoms with Gasteiger partial charge in [-0.2, -0.15) is 0 Å². The average molecular weight is 320 g/mol. The second-order valence-corrected chi connectivity index (χ2v) is 5.22. The number of rotatable bonds is 2. The lowest BCUT2D eigenvalue weighted by molar-refractivity contribution is 0.0993. The van der Waals surface area contributed by atoms with Crippen molar-refractivity contribution in [1.82, 2.24) is 9.97 Å². The number of primary amides is 2. The molecule has 2 heterocycles. The monoisotopic (exact) mass is 320 g/mol. The van der Waals surface area contributed by atoms with Gasteiger partial charge in [-0.05, 0) is 24.3 Å². The van der Waals surface area contributed by atoms with E-state index in [1.54, 1.807) is 24.5 Å². The Morgan fingerprint density at radius 1 is 0.708 bits per heavy atom. The third-order valence-electron chi connectivity index (χ3n) is 3.72. The SMILES string of the molecule is NC(=O)c1c[nH]c2ccccc12.NC(=O)c1cccc2[nH]ccc12. The minimum absolute atomic E-state index is 0.389. The maximum absolute atomic E-state index is 10.9. The van der Waals surface area contributed by atoms with Crippen molar-refractivity contribution in [3.05, 3.63) is 72.1 Å². The molecular formula is C18H16N4O2. The van der Waals surface area contributed by atoms with Crippen molar-refractivity contribution < 1.29 is 9.59 Å². The van der Waals surface area contributed by atoms with Crippen LogP contribution in [-0.2, 0) is 0 Å². The lowest BCUT2D eigenvalue weighted by Crippen LogP contribution is -2.10. The molecule has 0 bridgehead atoms. The zero-order valence-electron chi connectivity index (χ0n) is 12.7.